The van der Waals surface area contributed by atoms with Crippen molar-refractivity contribution in [3.05, 3.63) is 54.0 Å². The highest BCUT2D eigenvalue weighted by atomic mass is 32.2. The summed E-state index contributed by atoms with van der Waals surface area (Å²) in [5, 5.41) is 2.98. The van der Waals surface area contributed by atoms with Crippen molar-refractivity contribution in [3.8, 4) is 0 Å². The van der Waals surface area contributed by atoms with Gasteiger partial charge in [-0.05, 0) is 29.8 Å². The van der Waals surface area contributed by atoms with Gasteiger partial charge in [0.05, 0.1) is 18.7 Å². The molecule has 1 unspecified atom stereocenters. The number of nitrogens with zero attached hydrogens (tertiary/aromatic N) is 2. The molecule has 4 rings (SSSR count). The minimum Gasteiger partial charge on any atom is -0.467 e. The van der Waals surface area contributed by atoms with Gasteiger partial charge in [0, 0.05) is 49.8 Å². The molecule has 2 aliphatic rings. The largest absolute Gasteiger partial charge is 0.467 e. The van der Waals surface area contributed by atoms with E-state index in [0.717, 1.165) is 24.4 Å². The van der Waals surface area contributed by atoms with Crippen LogP contribution in [0.3, 0.4) is 0 Å². The normalized spacial score (nSPS) is 19.9. The number of anilines is 1. The molecule has 0 saturated carbocycles. The summed E-state index contributed by atoms with van der Waals surface area (Å²) in [6.45, 7) is 3.52. The Hall–Kier alpha value is -2.41. The van der Waals surface area contributed by atoms with E-state index in [1.165, 1.54) is 17.2 Å². The van der Waals surface area contributed by atoms with Gasteiger partial charge in [0.25, 0.3) is 0 Å². The first kappa shape index (κ1) is 18.9. The summed E-state index contributed by atoms with van der Waals surface area (Å²) in [5.74, 6) is 2.73. The Morgan fingerprint density at radius 3 is 2.68 bits per heavy atom. The van der Waals surface area contributed by atoms with Gasteiger partial charge in [-0.3, -0.25) is 9.59 Å². The van der Waals surface area contributed by atoms with Crippen LogP contribution in [0.5, 0.6) is 0 Å². The molecule has 1 atom stereocenters. The average molecular weight is 400 g/mol. The monoisotopic (exact) mass is 399 g/mol. The van der Waals surface area contributed by atoms with Crippen LogP contribution < -0.4 is 10.2 Å². The van der Waals surface area contributed by atoms with Crippen molar-refractivity contribution in [3.63, 3.8) is 0 Å². The SMILES string of the molecule is O=C(NCc1ccc(N2CCSCC2)cc1)C1CC(=O)N(Cc2ccco2)C1. The zero-order valence-electron chi connectivity index (χ0n) is 15.8. The Labute approximate surface area is 169 Å². The molecule has 0 bridgehead atoms. The fraction of sp³-hybridized carbons (Fsp3) is 0.429. The molecule has 2 saturated heterocycles. The number of hydrogen-bond donors (Lipinski definition) is 1. The molecule has 2 aromatic rings. The van der Waals surface area contributed by atoms with Gasteiger partial charge in [0.15, 0.2) is 0 Å². The predicted molar refractivity (Wildman–Crippen MR) is 110 cm³/mol. The quantitative estimate of drug-likeness (QED) is 0.809. The smallest absolute Gasteiger partial charge is 0.225 e. The lowest BCUT2D eigenvalue weighted by atomic mass is 10.1. The minimum atomic E-state index is -0.299. The van der Waals surface area contributed by atoms with Crippen LogP contribution in [-0.4, -0.2) is 47.9 Å². The number of furan rings is 1. The third-order valence-corrected chi connectivity index (χ3v) is 6.23. The number of carbonyl (C=O) groups is 2. The summed E-state index contributed by atoms with van der Waals surface area (Å²) in [4.78, 5) is 28.8. The molecule has 7 heteroatoms. The standard InChI is InChI=1S/C21H25N3O3S/c25-20-12-17(14-24(20)15-19-2-1-9-27-19)21(26)22-13-16-3-5-18(6-4-16)23-7-10-28-11-8-23/h1-6,9,17H,7-8,10-15H2,(H,22,26). The van der Waals surface area contributed by atoms with E-state index in [0.29, 0.717) is 19.6 Å². The van der Waals surface area contributed by atoms with Gasteiger partial charge in [0.2, 0.25) is 11.8 Å². The summed E-state index contributed by atoms with van der Waals surface area (Å²) in [5.41, 5.74) is 2.31. The van der Waals surface area contributed by atoms with E-state index >= 15 is 0 Å². The molecule has 1 aromatic carbocycles. The van der Waals surface area contributed by atoms with Crippen molar-refractivity contribution >= 4 is 29.3 Å². The fourth-order valence-corrected chi connectivity index (χ4v) is 4.57. The molecule has 2 aliphatic heterocycles. The average Bonchev–Trinajstić information content (AvgIpc) is 3.38. The number of likely N-dealkylation sites (tertiary alicyclic amines) is 1. The second-order valence-corrected chi connectivity index (χ2v) is 8.46. The molecule has 3 heterocycles. The molecule has 0 radical (unpaired) electrons. The topological polar surface area (TPSA) is 65.8 Å². The Bertz CT molecular complexity index is 801. The van der Waals surface area contributed by atoms with Crippen molar-refractivity contribution in [1.82, 2.24) is 10.2 Å². The molecular weight excluding hydrogens is 374 g/mol. The van der Waals surface area contributed by atoms with Crippen LogP contribution in [0, 0.1) is 5.92 Å². The van der Waals surface area contributed by atoms with E-state index in [-0.39, 0.29) is 24.2 Å². The molecule has 2 amide bonds. The number of rotatable bonds is 6. The van der Waals surface area contributed by atoms with Gasteiger partial charge in [0.1, 0.15) is 5.76 Å². The van der Waals surface area contributed by atoms with E-state index < -0.39 is 0 Å². The van der Waals surface area contributed by atoms with E-state index in [1.54, 1.807) is 17.2 Å². The molecule has 2 fully saturated rings. The number of amides is 2. The molecule has 1 aromatic heterocycles. The zero-order valence-corrected chi connectivity index (χ0v) is 16.6. The predicted octanol–water partition coefficient (Wildman–Crippen LogP) is 2.50. The lowest BCUT2D eigenvalue weighted by molar-refractivity contribution is -0.129. The Morgan fingerprint density at radius 2 is 1.96 bits per heavy atom. The number of nitrogens with one attached hydrogen (secondary N) is 1. The van der Waals surface area contributed by atoms with Crippen molar-refractivity contribution in [2.45, 2.75) is 19.5 Å². The van der Waals surface area contributed by atoms with Gasteiger partial charge in [-0.15, -0.1) is 0 Å². The summed E-state index contributed by atoms with van der Waals surface area (Å²) in [6, 6.07) is 12.0. The maximum absolute atomic E-state index is 12.5. The summed E-state index contributed by atoms with van der Waals surface area (Å²) < 4.78 is 5.30. The van der Waals surface area contributed by atoms with Gasteiger partial charge < -0.3 is 19.5 Å². The van der Waals surface area contributed by atoms with Crippen LogP contribution in [-0.2, 0) is 22.7 Å². The van der Waals surface area contributed by atoms with E-state index in [9.17, 15) is 9.59 Å². The van der Waals surface area contributed by atoms with Crippen LogP contribution in [0.25, 0.3) is 0 Å². The molecule has 6 nitrogen and oxygen atoms in total. The first-order valence-corrected chi connectivity index (χ1v) is 10.8. The first-order chi connectivity index (χ1) is 13.7. The van der Waals surface area contributed by atoms with Crippen molar-refractivity contribution in [2.75, 3.05) is 36.0 Å². The van der Waals surface area contributed by atoms with Gasteiger partial charge in [-0.25, -0.2) is 0 Å². The van der Waals surface area contributed by atoms with Crippen molar-refractivity contribution in [1.29, 1.82) is 0 Å². The molecule has 28 heavy (non-hydrogen) atoms. The Morgan fingerprint density at radius 1 is 1.18 bits per heavy atom. The molecule has 0 spiro atoms. The number of hydrogen-bond acceptors (Lipinski definition) is 5. The Balaban J connectivity index is 1.26. The third-order valence-electron chi connectivity index (χ3n) is 5.29. The zero-order chi connectivity index (χ0) is 19.3. The highest BCUT2D eigenvalue weighted by Gasteiger charge is 2.34. The van der Waals surface area contributed by atoms with Crippen molar-refractivity contribution < 1.29 is 14.0 Å². The lowest BCUT2D eigenvalue weighted by Gasteiger charge is -2.28. The molecule has 1 N–H and O–H groups in total. The first-order valence-electron chi connectivity index (χ1n) is 9.68. The van der Waals surface area contributed by atoms with Crippen LogP contribution in [0.15, 0.2) is 47.1 Å². The lowest BCUT2D eigenvalue weighted by Crippen LogP contribution is -2.33. The van der Waals surface area contributed by atoms with Crippen LogP contribution in [0.1, 0.15) is 17.7 Å². The number of carbonyl (C=O) groups excluding carboxylic acids is 2. The second-order valence-electron chi connectivity index (χ2n) is 7.24. The van der Waals surface area contributed by atoms with Crippen LogP contribution >= 0.6 is 11.8 Å². The van der Waals surface area contributed by atoms with E-state index in [2.05, 4.69) is 34.5 Å². The van der Waals surface area contributed by atoms with E-state index in [4.69, 9.17) is 4.42 Å². The van der Waals surface area contributed by atoms with Gasteiger partial charge >= 0.3 is 0 Å². The summed E-state index contributed by atoms with van der Waals surface area (Å²) in [6.07, 6.45) is 1.86. The third kappa shape index (κ3) is 4.52. The van der Waals surface area contributed by atoms with Crippen LogP contribution in [0.4, 0.5) is 5.69 Å². The van der Waals surface area contributed by atoms with Gasteiger partial charge in [-0.2, -0.15) is 11.8 Å². The number of benzene rings is 1. The molecule has 148 valence electrons. The highest BCUT2D eigenvalue weighted by molar-refractivity contribution is 7.99. The maximum atomic E-state index is 12.5. The Kier molecular flexibility index (Phi) is 5.90. The van der Waals surface area contributed by atoms with Gasteiger partial charge in [-0.1, -0.05) is 12.1 Å². The second kappa shape index (κ2) is 8.73. The van der Waals surface area contributed by atoms with Crippen molar-refractivity contribution in [2.24, 2.45) is 5.92 Å². The molecular formula is C21H25N3O3S. The number of thioether (sulfide) groups is 1. The van der Waals surface area contributed by atoms with E-state index in [1.807, 2.05) is 17.8 Å². The summed E-state index contributed by atoms with van der Waals surface area (Å²) in [7, 11) is 0. The summed E-state index contributed by atoms with van der Waals surface area (Å²) >= 11 is 2.00. The molecule has 0 aliphatic carbocycles. The maximum Gasteiger partial charge on any atom is 0.225 e. The minimum absolute atomic E-state index is 0.000553. The van der Waals surface area contributed by atoms with Crippen LogP contribution in [0.2, 0.25) is 0 Å². The highest BCUT2D eigenvalue weighted by Crippen LogP contribution is 2.22. The fourth-order valence-electron chi connectivity index (χ4n) is 3.67.